The zero-order valence-electron chi connectivity index (χ0n) is 12.7. The third-order valence-electron chi connectivity index (χ3n) is 4.01. The largest absolute Gasteiger partial charge is 0.360 e. The van der Waals surface area contributed by atoms with E-state index in [4.69, 9.17) is 4.52 Å². The topological polar surface area (TPSA) is 75.4 Å². The highest BCUT2D eigenvalue weighted by Crippen LogP contribution is 2.37. The highest BCUT2D eigenvalue weighted by molar-refractivity contribution is 5.97. The number of nitrogens with zero attached hydrogens (tertiary/aromatic N) is 2. The van der Waals surface area contributed by atoms with Crippen LogP contribution < -0.4 is 5.32 Å². The summed E-state index contributed by atoms with van der Waals surface area (Å²) < 4.78 is 18.0. The number of hydrogen-bond acceptors (Lipinski definition) is 4. The Kier molecular flexibility index (Phi) is 3.85. The van der Waals surface area contributed by atoms with Gasteiger partial charge in [-0.2, -0.15) is 0 Å². The first-order valence-corrected chi connectivity index (χ1v) is 7.21. The van der Waals surface area contributed by atoms with Crippen molar-refractivity contribution in [2.75, 3.05) is 12.4 Å². The lowest BCUT2D eigenvalue weighted by atomic mass is 9.93. The number of anilines is 1. The lowest BCUT2D eigenvalue weighted by molar-refractivity contribution is -0.127. The molecular formula is C16H16FN3O3. The summed E-state index contributed by atoms with van der Waals surface area (Å²) >= 11 is 0. The second kappa shape index (κ2) is 5.83. The molecule has 120 valence electrons. The molecule has 6 nitrogen and oxygen atoms in total. The van der Waals surface area contributed by atoms with Crippen molar-refractivity contribution in [1.29, 1.82) is 0 Å². The van der Waals surface area contributed by atoms with Gasteiger partial charge in [-0.15, -0.1) is 0 Å². The number of amides is 2. The van der Waals surface area contributed by atoms with E-state index in [9.17, 15) is 14.0 Å². The Hall–Kier alpha value is -2.70. The van der Waals surface area contributed by atoms with E-state index < -0.39 is 12.0 Å². The smallest absolute Gasteiger partial charge is 0.231 e. The second-order valence-corrected chi connectivity index (χ2v) is 5.62. The monoisotopic (exact) mass is 317 g/mol. The van der Waals surface area contributed by atoms with E-state index in [0.717, 1.165) is 5.56 Å². The normalized spacial score (nSPS) is 20.8. The minimum atomic E-state index is -0.574. The fourth-order valence-electron chi connectivity index (χ4n) is 2.86. The molecular weight excluding hydrogens is 301 g/mol. The first-order chi connectivity index (χ1) is 11.0. The number of aromatic nitrogens is 1. The summed E-state index contributed by atoms with van der Waals surface area (Å²) in [5, 5.41) is 6.38. The van der Waals surface area contributed by atoms with E-state index in [0.29, 0.717) is 11.6 Å². The van der Waals surface area contributed by atoms with Crippen LogP contribution in [0.2, 0.25) is 0 Å². The Labute approximate surface area is 132 Å². The van der Waals surface area contributed by atoms with Crippen molar-refractivity contribution in [1.82, 2.24) is 10.1 Å². The molecule has 3 rings (SSSR count). The van der Waals surface area contributed by atoms with Gasteiger partial charge in [0.15, 0.2) is 5.82 Å². The van der Waals surface area contributed by atoms with Gasteiger partial charge in [-0.25, -0.2) is 4.39 Å². The fourth-order valence-corrected chi connectivity index (χ4v) is 2.86. The predicted octanol–water partition coefficient (Wildman–Crippen LogP) is 2.28. The SMILES string of the molecule is Cc1cc(NC(=O)C2CC(=O)N(C)C2c2ccc(F)cc2)no1. The number of carbonyl (C=O) groups excluding carboxylic acids is 2. The maximum atomic E-state index is 13.1. The molecule has 1 N–H and O–H groups in total. The van der Waals surface area contributed by atoms with Gasteiger partial charge in [0, 0.05) is 19.5 Å². The van der Waals surface area contributed by atoms with Crippen molar-refractivity contribution in [3.63, 3.8) is 0 Å². The van der Waals surface area contributed by atoms with Crippen LogP contribution in [0, 0.1) is 18.7 Å². The zero-order chi connectivity index (χ0) is 16.6. The quantitative estimate of drug-likeness (QED) is 0.942. The van der Waals surface area contributed by atoms with E-state index in [1.165, 1.54) is 17.0 Å². The standard InChI is InChI=1S/C16H16FN3O3/c1-9-7-13(19-23-9)18-16(22)12-8-14(21)20(2)15(12)10-3-5-11(17)6-4-10/h3-7,12,15H,8H2,1-2H3,(H,18,19,22). The summed E-state index contributed by atoms with van der Waals surface area (Å²) in [6, 6.07) is 7.00. The number of hydrogen-bond donors (Lipinski definition) is 1. The summed E-state index contributed by atoms with van der Waals surface area (Å²) in [7, 11) is 1.64. The van der Waals surface area contributed by atoms with Crippen LogP contribution in [0.25, 0.3) is 0 Å². The molecule has 0 radical (unpaired) electrons. The third kappa shape index (κ3) is 2.94. The Morgan fingerprint density at radius 1 is 1.39 bits per heavy atom. The van der Waals surface area contributed by atoms with Gasteiger partial charge in [0.25, 0.3) is 0 Å². The molecule has 1 aliphatic heterocycles. The first kappa shape index (κ1) is 15.2. The average Bonchev–Trinajstić information content (AvgIpc) is 3.05. The van der Waals surface area contributed by atoms with Crippen molar-refractivity contribution < 1.29 is 18.5 Å². The van der Waals surface area contributed by atoms with Crippen LogP contribution >= 0.6 is 0 Å². The molecule has 2 unspecified atom stereocenters. The minimum absolute atomic E-state index is 0.0984. The number of benzene rings is 1. The highest BCUT2D eigenvalue weighted by Gasteiger charge is 2.42. The first-order valence-electron chi connectivity index (χ1n) is 7.21. The molecule has 1 fully saturated rings. The zero-order valence-corrected chi connectivity index (χ0v) is 12.7. The molecule has 1 aliphatic rings. The Morgan fingerprint density at radius 2 is 2.09 bits per heavy atom. The molecule has 0 bridgehead atoms. The average molecular weight is 317 g/mol. The molecule has 2 aromatic rings. The van der Waals surface area contributed by atoms with E-state index in [1.807, 2.05) is 0 Å². The minimum Gasteiger partial charge on any atom is -0.360 e. The Bertz CT molecular complexity index is 741. The molecule has 0 spiro atoms. The second-order valence-electron chi connectivity index (χ2n) is 5.62. The summed E-state index contributed by atoms with van der Waals surface area (Å²) in [5.41, 5.74) is 0.719. The van der Waals surface area contributed by atoms with E-state index in [1.54, 1.807) is 32.2 Å². The van der Waals surface area contributed by atoms with Crippen LogP contribution in [-0.4, -0.2) is 28.9 Å². The Morgan fingerprint density at radius 3 is 2.70 bits per heavy atom. The van der Waals surface area contributed by atoms with Gasteiger partial charge >= 0.3 is 0 Å². The molecule has 0 saturated carbocycles. The van der Waals surface area contributed by atoms with Gasteiger partial charge < -0.3 is 14.7 Å². The van der Waals surface area contributed by atoms with Crippen molar-refractivity contribution >= 4 is 17.6 Å². The van der Waals surface area contributed by atoms with Crippen LogP contribution in [0.5, 0.6) is 0 Å². The van der Waals surface area contributed by atoms with Crippen LogP contribution in [0.4, 0.5) is 10.2 Å². The Balaban J connectivity index is 1.85. The van der Waals surface area contributed by atoms with Crippen LogP contribution in [0.1, 0.15) is 23.8 Å². The molecule has 1 saturated heterocycles. The molecule has 1 aromatic heterocycles. The fraction of sp³-hybridized carbons (Fsp3) is 0.312. The molecule has 2 amide bonds. The highest BCUT2D eigenvalue weighted by atomic mass is 19.1. The molecule has 0 aliphatic carbocycles. The number of carbonyl (C=O) groups is 2. The number of likely N-dealkylation sites (tertiary alicyclic amines) is 1. The summed E-state index contributed by atoms with van der Waals surface area (Å²) in [4.78, 5) is 26.1. The lowest BCUT2D eigenvalue weighted by Gasteiger charge is -2.24. The van der Waals surface area contributed by atoms with Gasteiger partial charge in [0.05, 0.1) is 12.0 Å². The molecule has 7 heteroatoms. The number of nitrogens with one attached hydrogen (secondary N) is 1. The van der Waals surface area contributed by atoms with Crippen molar-refractivity contribution in [3.05, 3.63) is 47.5 Å². The van der Waals surface area contributed by atoms with Gasteiger partial charge in [-0.1, -0.05) is 17.3 Å². The van der Waals surface area contributed by atoms with Gasteiger partial charge in [0.1, 0.15) is 11.6 Å². The van der Waals surface area contributed by atoms with Gasteiger partial charge in [-0.3, -0.25) is 9.59 Å². The van der Waals surface area contributed by atoms with Crippen molar-refractivity contribution in [3.8, 4) is 0 Å². The maximum Gasteiger partial charge on any atom is 0.231 e. The number of rotatable bonds is 3. The van der Waals surface area contributed by atoms with E-state index in [-0.39, 0.29) is 24.1 Å². The number of halogens is 1. The van der Waals surface area contributed by atoms with E-state index in [2.05, 4.69) is 10.5 Å². The lowest BCUT2D eigenvalue weighted by Crippen LogP contribution is -2.30. The van der Waals surface area contributed by atoms with Gasteiger partial charge in [-0.05, 0) is 24.6 Å². The molecule has 2 heterocycles. The molecule has 1 aromatic carbocycles. The summed E-state index contributed by atoms with van der Waals surface area (Å²) in [6.45, 7) is 1.72. The van der Waals surface area contributed by atoms with Crippen LogP contribution in [0.15, 0.2) is 34.9 Å². The van der Waals surface area contributed by atoms with Crippen LogP contribution in [0.3, 0.4) is 0 Å². The van der Waals surface area contributed by atoms with Crippen molar-refractivity contribution in [2.45, 2.75) is 19.4 Å². The van der Waals surface area contributed by atoms with Crippen molar-refractivity contribution in [2.24, 2.45) is 5.92 Å². The predicted molar refractivity (Wildman–Crippen MR) is 79.9 cm³/mol. The summed E-state index contributed by atoms with van der Waals surface area (Å²) in [6.07, 6.45) is 0.0984. The number of aryl methyl sites for hydroxylation is 1. The maximum absolute atomic E-state index is 13.1. The van der Waals surface area contributed by atoms with Crippen LogP contribution in [-0.2, 0) is 9.59 Å². The third-order valence-corrected chi connectivity index (χ3v) is 4.01. The molecule has 2 atom stereocenters. The van der Waals surface area contributed by atoms with E-state index >= 15 is 0 Å². The molecule has 23 heavy (non-hydrogen) atoms. The summed E-state index contributed by atoms with van der Waals surface area (Å²) in [5.74, 6) is -0.488. The van der Waals surface area contributed by atoms with Gasteiger partial charge in [0.2, 0.25) is 11.8 Å².